The highest BCUT2D eigenvalue weighted by molar-refractivity contribution is 6.30. The number of rotatable bonds is 9. The summed E-state index contributed by atoms with van der Waals surface area (Å²) in [5.41, 5.74) is 2.94. The molecule has 7 nitrogen and oxygen atoms in total. The first-order valence-electron chi connectivity index (χ1n) is 13.0. The van der Waals surface area contributed by atoms with Crippen LogP contribution in [0, 0.1) is 0 Å². The Morgan fingerprint density at radius 2 is 2.00 bits per heavy atom. The fourth-order valence-electron chi connectivity index (χ4n) is 5.34. The molecule has 3 aromatic rings. The van der Waals surface area contributed by atoms with Crippen LogP contribution in [0.4, 0.5) is 6.01 Å². The fraction of sp³-hybridized carbons (Fsp3) is 0.464. The smallest absolute Gasteiger partial charge is 0.295 e. The number of anilines is 1. The SMILES string of the molecule is O=C1CCCN1CCCN(C(=O)c1ccc2oc(NCc3cccc(Cl)c3)nc2c1)C1CCCCC1. The lowest BCUT2D eigenvalue weighted by Gasteiger charge is -2.35. The van der Waals surface area contributed by atoms with Crippen LogP contribution in [-0.4, -0.2) is 52.3 Å². The molecule has 8 heteroatoms. The Morgan fingerprint density at radius 1 is 1.14 bits per heavy atom. The highest BCUT2D eigenvalue weighted by Gasteiger charge is 2.27. The number of likely N-dealkylation sites (tertiary alicyclic amines) is 1. The number of carbonyl (C=O) groups excluding carboxylic acids is 2. The topological polar surface area (TPSA) is 78.7 Å². The number of carbonyl (C=O) groups is 2. The molecule has 1 saturated carbocycles. The molecule has 0 bridgehead atoms. The predicted octanol–water partition coefficient (Wildman–Crippen LogP) is 5.88. The van der Waals surface area contributed by atoms with Crippen molar-refractivity contribution in [2.75, 3.05) is 25.0 Å². The van der Waals surface area contributed by atoms with Crippen LogP contribution >= 0.6 is 11.6 Å². The number of halogens is 1. The van der Waals surface area contributed by atoms with Gasteiger partial charge in [-0.15, -0.1) is 0 Å². The minimum absolute atomic E-state index is 0.0352. The molecular weight excluding hydrogens is 476 g/mol. The highest BCUT2D eigenvalue weighted by Crippen LogP contribution is 2.27. The van der Waals surface area contributed by atoms with E-state index < -0.39 is 0 Å². The zero-order valence-electron chi connectivity index (χ0n) is 20.5. The summed E-state index contributed by atoms with van der Waals surface area (Å²) in [6.45, 7) is 2.76. The Bertz CT molecular complexity index is 1220. The van der Waals surface area contributed by atoms with Crippen LogP contribution in [0.1, 0.15) is 67.3 Å². The number of fused-ring (bicyclic) bond motifs is 1. The summed E-state index contributed by atoms with van der Waals surface area (Å²) in [5.74, 6) is 0.273. The standard InChI is InChI=1S/C28H33ClN4O3/c29-22-8-4-7-20(17-22)19-30-28-31-24-18-21(12-13-25(24)36-28)27(35)33(23-9-2-1-3-10-23)16-6-15-32-14-5-11-26(32)34/h4,7-8,12-13,17-18,23H,1-3,5-6,9-11,14-16,19H2,(H,30,31). The molecule has 2 aromatic carbocycles. The normalized spacial score (nSPS) is 16.6. The van der Waals surface area contributed by atoms with Crippen LogP contribution in [0.2, 0.25) is 5.02 Å². The van der Waals surface area contributed by atoms with Gasteiger partial charge >= 0.3 is 0 Å². The molecule has 2 heterocycles. The minimum Gasteiger partial charge on any atom is -0.424 e. The van der Waals surface area contributed by atoms with Gasteiger partial charge in [-0.3, -0.25) is 9.59 Å². The van der Waals surface area contributed by atoms with Gasteiger partial charge < -0.3 is 19.5 Å². The van der Waals surface area contributed by atoms with E-state index in [4.69, 9.17) is 16.0 Å². The maximum Gasteiger partial charge on any atom is 0.295 e. The number of nitrogens with zero attached hydrogens (tertiary/aromatic N) is 3. The molecule has 1 aromatic heterocycles. The van der Waals surface area contributed by atoms with Gasteiger partial charge in [-0.05, 0) is 61.6 Å². The summed E-state index contributed by atoms with van der Waals surface area (Å²) < 4.78 is 5.85. The van der Waals surface area contributed by atoms with Gasteiger partial charge in [0.1, 0.15) is 5.52 Å². The molecular formula is C28H33ClN4O3. The molecule has 1 aliphatic carbocycles. The second kappa shape index (κ2) is 11.3. The Labute approximate surface area is 216 Å². The first-order chi connectivity index (χ1) is 17.6. The maximum absolute atomic E-state index is 13.7. The largest absolute Gasteiger partial charge is 0.424 e. The van der Waals surface area contributed by atoms with Gasteiger partial charge in [0.2, 0.25) is 5.91 Å². The molecule has 5 rings (SSSR count). The summed E-state index contributed by atoms with van der Waals surface area (Å²) in [4.78, 5) is 34.2. The minimum atomic E-state index is 0.0352. The third-order valence-electron chi connectivity index (χ3n) is 7.24. The van der Waals surface area contributed by atoms with Crippen LogP contribution in [0.5, 0.6) is 0 Å². The Balaban J connectivity index is 1.28. The van der Waals surface area contributed by atoms with Crippen LogP contribution in [0.15, 0.2) is 46.9 Å². The van der Waals surface area contributed by atoms with Crippen LogP contribution in [-0.2, 0) is 11.3 Å². The van der Waals surface area contributed by atoms with Gasteiger partial charge in [0.25, 0.3) is 11.9 Å². The third-order valence-corrected chi connectivity index (χ3v) is 7.48. The Hall–Kier alpha value is -3.06. The monoisotopic (exact) mass is 508 g/mol. The molecule has 1 N–H and O–H groups in total. The van der Waals surface area contributed by atoms with Gasteiger partial charge in [-0.2, -0.15) is 4.98 Å². The van der Waals surface area contributed by atoms with Crippen molar-refractivity contribution in [3.8, 4) is 0 Å². The maximum atomic E-state index is 13.7. The van der Waals surface area contributed by atoms with Crippen LogP contribution < -0.4 is 5.32 Å². The van der Waals surface area contributed by atoms with E-state index in [1.54, 1.807) is 0 Å². The summed E-state index contributed by atoms with van der Waals surface area (Å²) in [6, 6.07) is 13.8. The predicted molar refractivity (Wildman–Crippen MR) is 141 cm³/mol. The molecule has 2 aliphatic rings. The average molecular weight is 509 g/mol. The zero-order chi connectivity index (χ0) is 24.9. The van der Waals surface area contributed by atoms with E-state index in [9.17, 15) is 9.59 Å². The number of amides is 2. The van der Waals surface area contributed by atoms with Crippen molar-refractivity contribution in [3.63, 3.8) is 0 Å². The molecule has 0 unspecified atom stereocenters. The number of hydrogen-bond acceptors (Lipinski definition) is 5. The molecule has 36 heavy (non-hydrogen) atoms. The molecule has 1 saturated heterocycles. The van der Waals surface area contributed by atoms with Crippen molar-refractivity contribution in [1.29, 1.82) is 0 Å². The van der Waals surface area contributed by atoms with E-state index in [1.807, 2.05) is 52.3 Å². The van der Waals surface area contributed by atoms with E-state index in [1.165, 1.54) is 6.42 Å². The van der Waals surface area contributed by atoms with Crippen molar-refractivity contribution in [2.45, 2.75) is 64.0 Å². The van der Waals surface area contributed by atoms with Crippen molar-refractivity contribution in [3.05, 3.63) is 58.6 Å². The third kappa shape index (κ3) is 5.84. The highest BCUT2D eigenvalue weighted by atomic mass is 35.5. The van der Waals surface area contributed by atoms with Gasteiger partial charge in [0.15, 0.2) is 5.58 Å². The molecule has 190 valence electrons. The van der Waals surface area contributed by atoms with Crippen LogP contribution in [0.25, 0.3) is 11.1 Å². The van der Waals surface area contributed by atoms with Gasteiger partial charge in [-0.25, -0.2) is 0 Å². The molecule has 0 atom stereocenters. The summed E-state index contributed by atoms with van der Waals surface area (Å²) >= 11 is 6.07. The summed E-state index contributed by atoms with van der Waals surface area (Å²) in [7, 11) is 0. The van der Waals surface area contributed by atoms with Gasteiger partial charge in [-0.1, -0.05) is 43.0 Å². The first-order valence-corrected chi connectivity index (χ1v) is 13.4. The molecule has 2 amide bonds. The number of oxazole rings is 1. The Morgan fingerprint density at radius 3 is 2.78 bits per heavy atom. The quantitative estimate of drug-likeness (QED) is 0.390. The second-order valence-electron chi connectivity index (χ2n) is 9.81. The lowest BCUT2D eigenvalue weighted by Crippen LogP contribution is -2.43. The lowest BCUT2D eigenvalue weighted by atomic mass is 9.93. The number of aromatic nitrogens is 1. The van der Waals surface area contributed by atoms with Crippen molar-refractivity contribution >= 4 is 40.5 Å². The lowest BCUT2D eigenvalue weighted by molar-refractivity contribution is -0.127. The molecule has 2 fully saturated rings. The van der Waals surface area contributed by atoms with Gasteiger partial charge in [0.05, 0.1) is 0 Å². The molecule has 1 aliphatic heterocycles. The number of hydrogen-bond donors (Lipinski definition) is 1. The number of nitrogens with one attached hydrogen (secondary N) is 1. The summed E-state index contributed by atoms with van der Waals surface area (Å²) in [5, 5.41) is 3.88. The van der Waals surface area contributed by atoms with Crippen molar-refractivity contribution in [2.24, 2.45) is 0 Å². The van der Waals surface area contributed by atoms with E-state index >= 15 is 0 Å². The van der Waals surface area contributed by atoms with Crippen molar-refractivity contribution < 1.29 is 14.0 Å². The van der Waals surface area contributed by atoms with E-state index in [0.29, 0.717) is 47.2 Å². The second-order valence-corrected chi connectivity index (χ2v) is 10.2. The average Bonchev–Trinajstić information content (AvgIpc) is 3.50. The summed E-state index contributed by atoms with van der Waals surface area (Å²) in [6.07, 6.45) is 8.02. The van der Waals surface area contributed by atoms with Gasteiger partial charge in [0, 0.05) is 49.2 Å². The fourth-order valence-corrected chi connectivity index (χ4v) is 5.55. The van der Waals surface area contributed by atoms with E-state index in [0.717, 1.165) is 57.2 Å². The Kier molecular flexibility index (Phi) is 7.75. The van der Waals surface area contributed by atoms with E-state index in [-0.39, 0.29) is 17.9 Å². The van der Waals surface area contributed by atoms with Crippen molar-refractivity contribution in [1.82, 2.24) is 14.8 Å². The molecule has 0 spiro atoms. The number of benzene rings is 2. The molecule has 0 radical (unpaired) electrons. The van der Waals surface area contributed by atoms with Crippen LogP contribution in [0.3, 0.4) is 0 Å². The first kappa shape index (κ1) is 24.6. The van der Waals surface area contributed by atoms with E-state index in [2.05, 4.69) is 10.3 Å². The zero-order valence-corrected chi connectivity index (χ0v) is 21.3.